The van der Waals surface area contributed by atoms with E-state index in [2.05, 4.69) is 17.8 Å². The van der Waals surface area contributed by atoms with Crippen LogP contribution < -0.4 is 18.9 Å². The zero-order chi connectivity index (χ0) is 6.95. The largest absolute Gasteiger partial charge is 1.00 e. The Morgan fingerprint density at radius 3 is 1.80 bits per heavy atom. The molecule has 4 heteroatoms. The molecule has 0 atom stereocenters. The van der Waals surface area contributed by atoms with Crippen molar-refractivity contribution in [2.24, 2.45) is 0 Å². The summed E-state index contributed by atoms with van der Waals surface area (Å²) in [5.74, 6) is 0. The molecule has 0 radical (unpaired) electrons. The van der Waals surface area contributed by atoms with Gasteiger partial charge in [0.1, 0.15) is 0 Å². The molecule has 0 amide bonds. The summed E-state index contributed by atoms with van der Waals surface area (Å²) in [5.41, 5.74) is 0. The first-order valence-electron chi connectivity index (χ1n) is 3.27. The third-order valence-electron chi connectivity index (χ3n) is 0.983. The molecular weight excluding hydrogens is 149 g/mol. The Hall–Kier alpha value is 0.471. The van der Waals surface area contributed by atoms with E-state index in [1.165, 1.54) is 12.1 Å². The smallest absolute Gasteiger partial charge is 0.676 e. The summed E-state index contributed by atoms with van der Waals surface area (Å²) < 4.78 is 4.49. The molecule has 0 rings (SSSR count). The molecule has 0 saturated heterocycles. The average Bonchev–Trinajstić information content (AvgIpc) is 1.89. The molecule has 0 aliphatic rings. The van der Waals surface area contributed by atoms with Gasteiger partial charge in [0.15, 0.2) is 0 Å². The standard InChI is InChI=1S/C6H14NSi2.Li/c1-3-5-8-7-9-6-4-2;/h3-4H,1-2,5-6,8-9H2;/q-1;+1. The summed E-state index contributed by atoms with van der Waals surface area (Å²) in [6, 6.07) is 2.34. The fourth-order valence-electron chi connectivity index (χ4n) is 0.477. The fraction of sp³-hybridized carbons (Fsp3) is 0.333. The monoisotopic (exact) mass is 163 g/mol. The topological polar surface area (TPSA) is 14.1 Å². The summed E-state index contributed by atoms with van der Waals surface area (Å²) in [5, 5.41) is 0. The molecule has 0 aromatic carbocycles. The van der Waals surface area contributed by atoms with E-state index >= 15 is 0 Å². The number of nitrogens with zero attached hydrogens (tertiary/aromatic N) is 1. The van der Waals surface area contributed by atoms with E-state index in [1.54, 1.807) is 0 Å². The Kier molecular flexibility index (Phi) is 15.9. The summed E-state index contributed by atoms with van der Waals surface area (Å²) in [6.07, 6.45) is 3.94. The quantitative estimate of drug-likeness (QED) is 0.238. The van der Waals surface area contributed by atoms with Crippen molar-refractivity contribution in [3.8, 4) is 0 Å². The van der Waals surface area contributed by atoms with E-state index in [0.717, 1.165) is 0 Å². The molecule has 1 nitrogen and oxygen atoms in total. The van der Waals surface area contributed by atoms with Gasteiger partial charge in [0.25, 0.3) is 0 Å². The van der Waals surface area contributed by atoms with Gasteiger partial charge in [0, 0.05) is 0 Å². The van der Waals surface area contributed by atoms with Crippen molar-refractivity contribution in [1.29, 1.82) is 0 Å². The Bertz CT molecular complexity index is 77.8. The van der Waals surface area contributed by atoms with Crippen LogP contribution in [0.5, 0.6) is 0 Å². The predicted octanol–water partition coefficient (Wildman–Crippen LogP) is -2.26. The van der Waals surface area contributed by atoms with Crippen LogP contribution in [0, 0.1) is 0 Å². The predicted molar refractivity (Wildman–Crippen MR) is 50.5 cm³/mol. The molecule has 52 valence electrons. The van der Waals surface area contributed by atoms with E-state index in [4.69, 9.17) is 0 Å². The minimum atomic E-state index is -0.0881. The van der Waals surface area contributed by atoms with Crippen LogP contribution in [0.25, 0.3) is 4.65 Å². The molecule has 0 fully saturated rings. The molecule has 0 unspecified atom stereocenters. The second kappa shape index (κ2) is 12.2. The summed E-state index contributed by atoms with van der Waals surface area (Å²) in [6.45, 7) is 7.30. The van der Waals surface area contributed by atoms with Gasteiger partial charge in [-0.1, -0.05) is 43.6 Å². The normalized spacial score (nSPS) is 10.4. The van der Waals surface area contributed by atoms with Gasteiger partial charge in [-0.25, -0.2) is 0 Å². The fourth-order valence-corrected chi connectivity index (χ4v) is 3.20. The van der Waals surface area contributed by atoms with Crippen molar-refractivity contribution in [2.45, 2.75) is 12.1 Å². The van der Waals surface area contributed by atoms with Crippen molar-refractivity contribution < 1.29 is 18.9 Å². The van der Waals surface area contributed by atoms with Gasteiger partial charge in [-0.3, -0.25) is 0 Å². The van der Waals surface area contributed by atoms with Crippen LogP contribution in [0.4, 0.5) is 0 Å². The molecule has 0 aliphatic carbocycles. The van der Waals surface area contributed by atoms with E-state index in [9.17, 15) is 0 Å². The number of rotatable bonds is 6. The number of hydrogen-bond donors (Lipinski definition) is 0. The zero-order valence-corrected chi connectivity index (χ0v) is 9.67. The van der Waals surface area contributed by atoms with Gasteiger partial charge in [0.05, 0.1) is 0 Å². The third kappa shape index (κ3) is 11.3. The molecule has 0 N–H and O–H groups in total. The van der Waals surface area contributed by atoms with Crippen molar-refractivity contribution in [1.82, 2.24) is 0 Å². The van der Waals surface area contributed by atoms with Crippen LogP contribution in [-0.4, -0.2) is 19.4 Å². The Labute approximate surface area is 80.3 Å². The van der Waals surface area contributed by atoms with Gasteiger partial charge in [-0.2, -0.15) is 0 Å². The van der Waals surface area contributed by atoms with Crippen LogP contribution >= 0.6 is 0 Å². The van der Waals surface area contributed by atoms with Crippen molar-refractivity contribution in [2.75, 3.05) is 0 Å². The third-order valence-corrected chi connectivity index (χ3v) is 4.85. The first kappa shape index (κ1) is 13.1. The average molecular weight is 163 g/mol. The Morgan fingerprint density at radius 2 is 1.50 bits per heavy atom. The van der Waals surface area contributed by atoms with Gasteiger partial charge >= 0.3 is 18.9 Å². The summed E-state index contributed by atoms with van der Waals surface area (Å²) in [4.78, 5) is 0. The molecule has 0 spiro atoms. The van der Waals surface area contributed by atoms with E-state index in [-0.39, 0.29) is 38.2 Å². The first-order valence-corrected chi connectivity index (χ1v) is 6.53. The van der Waals surface area contributed by atoms with Crippen LogP contribution in [0.2, 0.25) is 12.1 Å². The molecular formula is C6H14LiNSi2. The van der Waals surface area contributed by atoms with Crippen LogP contribution in [0.15, 0.2) is 25.3 Å². The molecule has 0 aromatic rings. The Balaban J connectivity index is 0. The molecule has 0 heterocycles. The maximum Gasteiger partial charge on any atom is 1.00 e. The van der Waals surface area contributed by atoms with Crippen molar-refractivity contribution in [3.05, 3.63) is 30.0 Å². The number of allylic oxidation sites excluding steroid dienone is 2. The van der Waals surface area contributed by atoms with Crippen LogP contribution in [0.1, 0.15) is 0 Å². The molecule has 10 heavy (non-hydrogen) atoms. The second-order valence-electron chi connectivity index (χ2n) is 1.83. The zero-order valence-electron chi connectivity index (χ0n) is 6.84. The second-order valence-corrected chi connectivity index (χ2v) is 5.66. The van der Waals surface area contributed by atoms with Crippen LogP contribution in [-0.2, 0) is 0 Å². The maximum absolute atomic E-state index is 4.49. The minimum absolute atomic E-state index is 0. The maximum atomic E-state index is 4.49. The van der Waals surface area contributed by atoms with Crippen molar-refractivity contribution >= 4 is 19.4 Å². The molecule has 0 aromatic heterocycles. The number of hydrogen-bond acceptors (Lipinski definition) is 0. The first-order chi connectivity index (χ1) is 4.41. The van der Waals surface area contributed by atoms with Gasteiger partial charge in [-0.15, -0.1) is 13.2 Å². The van der Waals surface area contributed by atoms with Gasteiger partial charge in [0.2, 0.25) is 0 Å². The SMILES string of the molecule is C=CC[SiH2][N-][SiH2]CC=C.[Li+]. The summed E-state index contributed by atoms with van der Waals surface area (Å²) >= 11 is 0. The van der Waals surface area contributed by atoms with Gasteiger partial charge < -0.3 is 4.65 Å². The van der Waals surface area contributed by atoms with E-state index in [1.807, 2.05) is 12.2 Å². The molecule has 0 aliphatic heterocycles. The van der Waals surface area contributed by atoms with Gasteiger partial charge in [-0.05, 0) is 0 Å². The van der Waals surface area contributed by atoms with E-state index in [0.29, 0.717) is 0 Å². The van der Waals surface area contributed by atoms with Crippen molar-refractivity contribution in [3.63, 3.8) is 0 Å². The Morgan fingerprint density at radius 1 is 1.10 bits per heavy atom. The van der Waals surface area contributed by atoms with Crippen LogP contribution in [0.3, 0.4) is 0 Å². The summed E-state index contributed by atoms with van der Waals surface area (Å²) in [7, 11) is -0.176. The molecule has 0 bridgehead atoms. The minimum Gasteiger partial charge on any atom is -0.676 e. The molecule has 0 saturated carbocycles. The van der Waals surface area contributed by atoms with E-state index < -0.39 is 0 Å².